The van der Waals surface area contributed by atoms with Gasteiger partial charge in [0, 0.05) is 5.57 Å². The number of allylic oxidation sites excluding steroid dienone is 1. The first kappa shape index (κ1) is 37.2. The zero-order valence-corrected chi connectivity index (χ0v) is 27.5. The van der Waals surface area contributed by atoms with Crippen LogP contribution in [0.1, 0.15) is 213 Å². The van der Waals surface area contributed by atoms with E-state index in [-0.39, 0.29) is 5.92 Å². The maximum Gasteiger partial charge on any atom is 0.331 e. The normalized spacial score (nSPS) is 22.0. The highest BCUT2D eigenvalue weighted by Gasteiger charge is 2.19. The van der Waals surface area contributed by atoms with E-state index in [1.165, 1.54) is 186 Å². The summed E-state index contributed by atoms with van der Waals surface area (Å²) in [6, 6.07) is 0. The zero-order chi connectivity index (χ0) is 28.9. The van der Waals surface area contributed by atoms with Crippen LogP contribution in [-0.4, -0.2) is 11.1 Å². The van der Waals surface area contributed by atoms with E-state index in [1.54, 1.807) is 0 Å². The van der Waals surface area contributed by atoms with Gasteiger partial charge in [0.15, 0.2) is 0 Å². The summed E-state index contributed by atoms with van der Waals surface area (Å²) in [5.41, 5.74) is 0.678. The number of rotatable bonds is 5. The fourth-order valence-electron chi connectivity index (χ4n) is 6.91. The average Bonchev–Trinajstić information content (AvgIpc) is 2.99. The van der Waals surface area contributed by atoms with Crippen LogP contribution in [0.5, 0.6) is 0 Å². The number of hydrogen-bond donors (Lipinski definition) is 1. The highest BCUT2D eigenvalue weighted by molar-refractivity contribution is 5.87. The van der Waals surface area contributed by atoms with Gasteiger partial charge in [-0.1, -0.05) is 193 Å². The SMILES string of the molecule is C1CCCCCCCCC1.C1CCCCCCCCC1.CCC(CC)C(=CC1CCCCCCCCC1)C(=O)O. The molecule has 0 aromatic carbocycles. The summed E-state index contributed by atoms with van der Waals surface area (Å²) in [4.78, 5) is 11.5. The summed E-state index contributed by atoms with van der Waals surface area (Å²) < 4.78 is 0. The van der Waals surface area contributed by atoms with Crippen LogP contribution < -0.4 is 0 Å². The molecule has 0 aromatic rings. The van der Waals surface area contributed by atoms with Gasteiger partial charge in [0.1, 0.15) is 0 Å². The van der Waals surface area contributed by atoms with E-state index in [2.05, 4.69) is 19.9 Å². The lowest BCUT2D eigenvalue weighted by Crippen LogP contribution is -2.14. The molecule has 0 unspecified atom stereocenters. The summed E-state index contributed by atoms with van der Waals surface area (Å²) in [6.07, 6.45) is 45.6. The molecule has 0 amide bonds. The highest BCUT2D eigenvalue weighted by atomic mass is 16.4. The summed E-state index contributed by atoms with van der Waals surface area (Å²) in [7, 11) is 0. The molecule has 40 heavy (non-hydrogen) atoms. The molecule has 0 radical (unpaired) electrons. The summed E-state index contributed by atoms with van der Waals surface area (Å²) >= 11 is 0. The van der Waals surface area contributed by atoms with Crippen molar-refractivity contribution < 1.29 is 9.90 Å². The van der Waals surface area contributed by atoms with Gasteiger partial charge < -0.3 is 5.11 Å². The third-order valence-electron chi connectivity index (χ3n) is 9.74. The molecule has 0 aromatic heterocycles. The molecule has 236 valence electrons. The van der Waals surface area contributed by atoms with Crippen molar-refractivity contribution >= 4 is 5.97 Å². The van der Waals surface area contributed by atoms with Crippen LogP contribution >= 0.6 is 0 Å². The van der Waals surface area contributed by atoms with Gasteiger partial charge in [-0.05, 0) is 37.5 Å². The first-order valence-corrected chi connectivity index (χ1v) is 18.6. The van der Waals surface area contributed by atoms with Crippen molar-refractivity contribution in [2.45, 2.75) is 213 Å². The van der Waals surface area contributed by atoms with Crippen molar-refractivity contribution in [2.75, 3.05) is 0 Å². The lowest BCUT2D eigenvalue weighted by Gasteiger charge is -2.19. The molecule has 2 heteroatoms. The molecule has 0 spiro atoms. The van der Waals surface area contributed by atoms with Crippen LogP contribution in [0.2, 0.25) is 0 Å². The van der Waals surface area contributed by atoms with Gasteiger partial charge >= 0.3 is 5.97 Å². The Morgan fingerprint density at radius 1 is 0.500 bits per heavy atom. The smallest absolute Gasteiger partial charge is 0.331 e. The monoisotopic (exact) mass is 561 g/mol. The number of carbonyl (C=O) groups is 1. The molecule has 0 aliphatic heterocycles. The van der Waals surface area contributed by atoms with Crippen molar-refractivity contribution in [1.82, 2.24) is 0 Å². The van der Waals surface area contributed by atoms with E-state index < -0.39 is 5.97 Å². The minimum atomic E-state index is -0.698. The molecule has 2 nitrogen and oxygen atoms in total. The number of carboxylic acid groups (broad SMARTS) is 1. The van der Waals surface area contributed by atoms with E-state index in [1.807, 2.05) is 0 Å². The van der Waals surface area contributed by atoms with Crippen LogP contribution in [-0.2, 0) is 4.79 Å². The standard InChI is InChI=1S/C18H32O2.2C10H20/c1-3-16(4-2)17(18(19)20)14-15-12-10-8-6-5-7-9-11-13-15;2*1-2-4-6-8-10-9-7-5-3-1/h14-16H,3-13H2,1-2H3,(H,19,20);2*1-10H2. The molecule has 0 heterocycles. The third-order valence-corrected chi connectivity index (χ3v) is 9.74. The Hall–Kier alpha value is -0.790. The maximum absolute atomic E-state index is 11.5. The van der Waals surface area contributed by atoms with Gasteiger partial charge in [0.2, 0.25) is 0 Å². The number of hydrogen-bond acceptors (Lipinski definition) is 1. The second kappa shape index (κ2) is 28.3. The topological polar surface area (TPSA) is 37.3 Å². The first-order chi connectivity index (χ1) is 19.7. The van der Waals surface area contributed by atoms with E-state index in [9.17, 15) is 9.90 Å². The zero-order valence-electron chi connectivity index (χ0n) is 27.5. The van der Waals surface area contributed by atoms with Gasteiger partial charge in [-0.2, -0.15) is 0 Å². The molecule has 0 saturated heterocycles. The van der Waals surface area contributed by atoms with Crippen molar-refractivity contribution in [3.8, 4) is 0 Å². The molecule has 0 atom stereocenters. The second-order valence-electron chi connectivity index (χ2n) is 13.3. The highest BCUT2D eigenvalue weighted by Crippen LogP contribution is 2.27. The summed E-state index contributed by atoms with van der Waals surface area (Å²) in [5, 5.41) is 9.49. The van der Waals surface area contributed by atoms with Crippen LogP contribution in [0.3, 0.4) is 0 Å². The number of carboxylic acids is 1. The van der Waals surface area contributed by atoms with Crippen LogP contribution in [0.15, 0.2) is 11.6 Å². The Balaban J connectivity index is 0.000000333. The van der Waals surface area contributed by atoms with E-state index in [0.29, 0.717) is 11.5 Å². The predicted molar refractivity (Wildman–Crippen MR) is 177 cm³/mol. The largest absolute Gasteiger partial charge is 0.478 e. The van der Waals surface area contributed by atoms with Gasteiger partial charge in [0.25, 0.3) is 0 Å². The molecule has 3 aliphatic rings. The van der Waals surface area contributed by atoms with Crippen molar-refractivity contribution in [3.05, 3.63) is 11.6 Å². The molecule has 3 aliphatic carbocycles. The Labute approximate surface area is 252 Å². The average molecular weight is 561 g/mol. The first-order valence-electron chi connectivity index (χ1n) is 18.6. The molecule has 3 saturated carbocycles. The Kier molecular flexibility index (Phi) is 26.4. The van der Waals surface area contributed by atoms with Crippen molar-refractivity contribution in [1.29, 1.82) is 0 Å². The van der Waals surface area contributed by atoms with Crippen LogP contribution in [0.4, 0.5) is 0 Å². The van der Waals surface area contributed by atoms with E-state index in [0.717, 1.165) is 12.8 Å². The lowest BCUT2D eigenvalue weighted by atomic mass is 9.86. The molecule has 0 bridgehead atoms. The lowest BCUT2D eigenvalue weighted by molar-refractivity contribution is -0.133. The Bertz CT molecular complexity index is 480. The van der Waals surface area contributed by atoms with E-state index in [4.69, 9.17) is 0 Å². The van der Waals surface area contributed by atoms with Gasteiger partial charge in [-0.15, -0.1) is 0 Å². The molecule has 3 rings (SSSR count). The second-order valence-corrected chi connectivity index (χ2v) is 13.3. The minimum absolute atomic E-state index is 0.225. The van der Waals surface area contributed by atoms with Gasteiger partial charge in [-0.25, -0.2) is 4.79 Å². The van der Waals surface area contributed by atoms with Crippen molar-refractivity contribution in [3.63, 3.8) is 0 Å². The van der Waals surface area contributed by atoms with E-state index >= 15 is 0 Å². The fraction of sp³-hybridized carbons (Fsp3) is 0.921. The Morgan fingerprint density at radius 3 is 0.925 bits per heavy atom. The van der Waals surface area contributed by atoms with Crippen LogP contribution in [0.25, 0.3) is 0 Å². The summed E-state index contributed by atoms with van der Waals surface area (Å²) in [6.45, 7) is 4.19. The summed E-state index contributed by atoms with van der Waals surface area (Å²) in [5.74, 6) is 0.0125. The third kappa shape index (κ3) is 21.9. The molecule has 3 fully saturated rings. The fourth-order valence-corrected chi connectivity index (χ4v) is 6.91. The van der Waals surface area contributed by atoms with Crippen LogP contribution in [0, 0.1) is 11.8 Å². The molecular formula is C38H72O2. The minimum Gasteiger partial charge on any atom is -0.478 e. The Morgan fingerprint density at radius 2 is 0.725 bits per heavy atom. The maximum atomic E-state index is 11.5. The quantitative estimate of drug-likeness (QED) is 0.339. The molecular weight excluding hydrogens is 488 g/mol. The molecule has 1 N–H and O–H groups in total. The van der Waals surface area contributed by atoms with Gasteiger partial charge in [0.05, 0.1) is 0 Å². The van der Waals surface area contributed by atoms with Gasteiger partial charge in [-0.3, -0.25) is 0 Å². The van der Waals surface area contributed by atoms with Crippen molar-refractivity contribution in [2.24, 2.45) is 11.8 Å². The number of aliphatic carboxylic acids is 1. The predicted octanol–water partition coefficient (Wildman–Crippen LogP) is 13.4.